The third kappa shape index (κ3) is 1.59. The van der Waals surface area contributed by atoms with Crippen molar-refractivity contribution >= 4 is 10.9 Å². The largest absolute Gasteiger partial charge is 0.396 e. The minimum absolute atomic E-state index is 0.0291. The van der Waals surface area contributed by atoms with Crippen molar-refractivity contribution in [3.63, 3.8) is 0 Å². The van der Waals surface area contributed by atoms with Crippen LogP contribution in [-0.4, -0.2) is 16.3 Å². The molecule has 0 fully saturated rings. The number of aromatic nitrogens is 1. The van der Waals surface area contributed by atoms with Crippen molar-refractivity contribution < 1.29 is 10.2 Å². The number of hydrogen-bond donors (Lipinski definition) is 1. The summed E-state index contributed by atoms with van der Waals surface area (Å²) in [4.78, 5) is 0. The zero-order valence-electron chi connectivity index (χ0n) is 7.81. The van der Waals surface area contributed by atoms with Gasteiger partial charge in [-0.25, -0.2) is 0 Å². The Kier molecular flexibility index (Phi) is 2.41. The second-order valence-corrected chi connectivity index (χ2v) is 3.31. The van der Waals surface area contributed by atoms with Crippen LogP contribution in [0.5, 0.6) is 5.75 Å². The van der Waals surface area contributed by atoms with E-state index in [1.807, 2.05) is 22.9 Å². The second kappa shape index (κ2) is 3.72. The average Bonchev–Trinajstić information content (AvgIpc) is 2.57. The molecule has 1 N–H and O–H groups in total. The molecule has 2 rings (SSSR count). The van der Waals surface area contributed by atoms with Crippen molar-refractivity contribution in [2.24, 2.45) is 0 Å². The molecule has 2 aromatic rings. The number of aryl methyl sites for hydroxylation is 1. The van der Waals surface area contributed by atoms with Crippen LogP contribution in [0.1, 0.15) is 6.42 Å². The summed E-state index contributed by atoms with van der Waals surface area (Å²) in [6.45, 7) is 0.931. The molecule has 3 nitrogen and oxygen atoms in total. The van der Waals surface area contributed by atoms with Crippen LogP contribution in [0.15, 0.2) is 30.5 Å². The normalized spacial score (nSPS) is 10.9. The van der Waals surface area contributed by atoms with E-state index in [0.29, 0.717) is 6.42 Å². The summed E-state index contributed by atoms with van der Waals surface area (Å²) < 4.78 is 1.99. The van der Waals surface area contributed by atoms with Gasteiger partial charge >= 0.3 is 0 Å². The number of nitrogens with zero attached hydrogens (tertiary/aromatic N) is 1. The van der Waals surface area contributed by atoms with Gasteiger partial charge in [0.25, 0.3) is 0 Å². The summed E-state index contributed by atoms with van der Waals surface area (Å²) in [6.07, 6.45) is 2.66. The van der Waals surface area contributed by atoms with Crippen molar-refractivity contribution in [1.29, 1.82) is 0 Å². The second-order valence-electron chi connectivity index (χ2n) is 3.31. The molecule has 0 amide bonds. The molecule has 0 aliphatic carbocycles. The minimum Gasteiger partial charge on any atom is -0.396 e. The van der Waals surface area contributed by atoms with Gasteiger partial charge in [0.1, 0.15) is 0 Å². The monoisotopic (exact) mass is 177 g/mol. The van der Waals surface area contributed by atoms with Gasteiger partial charge in [-0.05, 0) is 30.0 Å². The fourth-order valence-electron chi connectivity index (χ4n) is 1.60. The highest BCUT2D eigenvalue weighted by Gasteiger charge is 2.01. The lowest BCUT2D eigenvalue weighted by atomic mass is 2.89. The van der Waals surface area contributed by atoms with Crippen LogP contribution in [0.2, 0.25) is 0 Å². The Morgan fingerprint density at radius 2 is 2.14 bits per heavy atom. The van der Waals surface area contributed by atoms with Crippen LogP contribution in [0.4, 0.5) is 0 Å². The molecule has 0 saturated heterocycles. The molecule has 3 heteroatoms. The molecular weight excluding hydrogens is 165 g/mol. The molecule has 0 bridgehead atoms. The van der Waals surface area contributed by atoms with Gasteiger partial charge < -0.3 is 9.67 Å². The van der Waals surface area contributed by atoms with E-state index in [4.69, 9.17) is 5.11 Å². The molecule has 0 atom stereocenters. The average molecular weight is 177 g/mol. The van der Waals surface area contributed by atoms with Crippen LogP contribution in [-0.2, 0) is 11.7 Å². The Hall–Kier alpha value is -1.48. The molecule has 0 aliphatic heterocycles. The fraction of sp³-hybridized carbons (Fsp3) is 0.273. The molecule has 1 radical (unpaired) electrons. The first kappa shape index (κ1) is 9.09. The van der Waals surface area contributed by atoms with Crippen molar-refractivity contribution in [1.82, 2.24) is 4.57 Å². The molecule has 0 saturated carbocycles. The van der Waals surface area contributed by atoms with Gasteiger partial charge in [-0.1, -0.05) is 0 Å². The maximum atomic E-state index is 11.1. The van der Waals surface area contributed by atoms with Gasteiger partial charge in [-0.15, -0.1) is 0 Å². The van der Waals surface area contributed by atoms with Crippen molar-refractivity contribution in [2.45, 2.75) is 13.0 Å². The van der Waals surface area contributed by atoms with E-state index in [1.54, 1.807) is 12.1 Å². The number of hydrogen-bond acceptors (Lipinski definition) is 1. The highest BCUT2D eigenvalue weighted by molar-refractivity contribution is 5.81. The lowest BCUT2D eigenvalue weighted by Crippen LogP contribution is -1.97. The zero-order valence-corrected chi connectivity index (χ0v) is 7.81. The third-order valence-electron chi connectivity index (χ3n) is 2.30. The highest BCUT2D eigenvalue weighted by atomic mass is 16.3. The summed E-state index contributed by atoms with van der Waals surface area (Å²) in [5, 5.41) is 20.9. The summed E-state index contributed by atoms with van der Waals surface area (Å²) in [7, 11) is 0. The van der Waals surface area contributed by atoms with E-state index in [0.717, 1.165) is 17.4 Å². The standard InChI is InChI=1S/C11H12NO2/c13-7-1-5-12-6-4-9-2-3-10(14)8-11(9)12/h2-4,6,8,13H,1,5,7H2/i14-13. The maximum Gasteiger partial charge on any atom is 0.180 e. The highest BCUT2D eigenvalue weighted by Crippen LogP contribution is 2.21. The van der Waals surface area contributed by atoms with E-state index in [-0.39, 0.29) is 12.4 Å². The van der Waals surface area contributed by atoms with E-state index >= 15 is 0 Å². The number of benzene rings is 1. The van der Waals surface area contributed by atoms with Crippen LogP contribution in [0, 0.1) is 0 Å². The Morgan fingerprint density at radius 3 is 2.93 bits per heavy atom. The van der Waals surface area contributed by atoms with E-state index in [1.165, 1.54) is 0 Å². The van der Waals surface area contributed by atoms with E-state index < -0.39 is 0 Å². The fourth-order valence-corrected chi connectivity index (χ4v) is 1.60. The van der Waals surface area contributed by atoms with Gasteiger partial charge in [0, 0.05) is 25.4 Å². The summed E-state index contributed by atoms with van der Waals surface area (Å²) in [6, 6.07) is 7.00. The van der Waals surface area contributed by atoms with E-state index in [9.17, 15) is 5.11 Å². The Balaban J connectivity index is 2.40. The quantitative estimate of drug-likeness (QED) is 0.767. The molecule has 1 heterocycles. The number of fused-ring (bicyclic) bond motifs is 1. The van der Waals surface area contributed by atoms with Gasteiger partial charge in [0.15, 0.2) is 5.75 Å². The first-order valence-electron chi connectivity index (χ1n) is 4.68. The maximum absolute atomic E-state index is 11.1. The molecule has 1 aromatic carbocycles. The Morgan fingerprint density at radius 1 is 1.29 bits per heavy atom. The Bertz CT molecular complexity index is 434. The lowest BCUT2D eigenvalue weighted by Gasteiger charge is -2.02. The Labute approximate surface area is 82.2 Å². The zero-order chi connectivity index (χ0) is 9.97. The number of aliphatic hydroxyl groups is 1. The van der Waals surface area contributed by atoms with Crippen LogP contribution in [0.3, 0.4) is 0 Å². The first-order valence-corrected chi connectivity index (χ1v) is 4.68. The molecular formula is C11H12NO2. The predicted molar refractivity (Wildman–Crippen MR) is 53.8 cm³/mol. The van der Waals surface area contributed by atoms with Crippen molar-refractivity contribution in [3.05, 3.63) is 30.5 Å². The molecule has 0 spiro atoms. The van der Waals surface area contributed by atoms with Crippen LogP contribution < -0.4 is 0 Å². The van der Waals surface area contributed by atoms with Crippen LogP contribution in [0.25, 0.3) is 10.9 Å². The first-order chi connectivity index (χ1) is 6.81. The van der Waals surface area contributed by atoms with Gasteiger partial charge in [-0.2, -0.15) is 0 Å². The third-order valence-corrected chi connectivity index (χ3v) is 2.30. The predicted octanol–water partition coefficient (Wildman–Crippen LogP) is 2.17. The molecule has 73 valence electrons. The minimum atomic E-state index is 0.0291. The van der Waals surface area contributed by atoms with E-state index in [2.05, 4.69) is 0 Å². The topological polar surface area (TPSA) is 45.1 Å². The van der Waals surface area contributed by atoms with Gasteiger partial charge in [0.05, 0.1) is 5.52 Å². The summed E-state index contributed by atoms with van der Waals surface area (Å²) in [5.74, 6) is 0.0291. The van der Waals surface area contributed by atoms with Crippen molar-refractivity contribution in [2.75, 3.05) is 6.61 Å². The molecule has 14 heavy (non-hydrogen) atoms. The molecule has 0 aliphatic rings. The summed E-state index contributed by atoms with van der Waals surface area (Å²) in [5.41, 5.74) is 0.950. The van der Waals surface area contributed by atoms with Gasteiger partial charge in [0.2, 0.25) is 0 Å². The SMILES string of the molecule is OCCCn1ccc2ccc([3O])cc21. The number of rotatable bonds is 3. The summed E-state index contributed by atoms with van der Waals surface area (Å²) >= 11 is 0. The smallest absolute Gasteiger partial charge is 0.180 e. The number of aliphatic hydroxyl groups excluding tert-OH is 1. The van der Waals surface area contributed by atoms with Crippen LogP contribution >= 0.6 is 0 Å². The lowest BCUT2D eigenvalue weighted by molar-refractivity contribution is 0.280. The molecule has 0 unspecified atom stereocenters. The van der Waals surface area contributed by atoms with Gasteiger partial charge in [-0.3, -0.25) is 5.11 Å². The van der Waals surface area contributed by atoms with Crippen molar-refractivity contribution in [3.8, 4) is 5.75 Å². The molecule has 1 aromatic heterocycles.